The Kier molecular flexibility index (Phi) is 7.36. The van der Waals surface area contributed by atoms with Gasteiger partial charge in [-0.05, 0) is 47.4 Å². The highest BCUT2D eigenvalue weighted by molar-refractivity contribution is 6.74. The molecule has 0 aliphatic carbocycles. The first-order chi connectivity index (χ1) is 11.6. The smallest absolute Gasteiger partial charge is 0.192 e. The molecule has 0 aliphatic heterocycles. The lowest BCUT2D eigenvalue weighted by Crippen LogP contribution is -2.40. The van der Waals surface area contributed by atoms with Crippen LogP contribution in [-0.4, -0.2) is 23.7 Å². The molecule has 3 nitrogen and oxygen atoms in total. The van der Waals surface area contributed by atoms with Crippen LogP contribution in [0.4, 0.5) is 5.69 Å². The van der Waals surface area contributed by atoms with Crippen molar-refractivity contribution < 1.29 is 8.85 Å². The van der Waals surface area contributed by atoms with E-state index in [1.165, 1.54) is 11.1 Å². The van der Waals surface area contributed by atoms with E-state index in [0.717, 1.165) is 5.69 Å². The molecule has 0 atom stereocenters. The molecule has 1 aromatic carbocycles. The number of rotatable bonds is 7. The number of hydrogen-bond acceptors (Lipinski definition) is 3. The Morgan fingerprint density at radius 1 is 0.769 bits per heavy atom. The molecule has 1 aromatic rings. The summed E-state index contributed by atoms with van der Waals surface area (Å²) in [5.41, 5.74) is 3.59. The van der Waals surface area contributed by atoms with E-state index in [2.05, 4.69) is 91.2 Å². The third kappa shape index (κ3) is 5.68. The molecular weight excluding hydrogens is 354 g/mol. The van der Waals surface area contributed by atoms with Gasteiger partial charge in [0.2, 0.25) is 0 Å². The van der Waals surface area contributed by atoms with Crippen molar-refractivity contribution in [1.29, 1.82) is 0 Å². The highest BCUT2D eigenvalue weighted by Gasteiger charge is 2.38. The Labute approximate surface area is 164 Å². The van der Waals surface area contributed by atoms with E-state index in [9.17, 15) is 0 Å². The van der Waals surface area contributed by atoms with Crippen LogP contribution in [0.25, 0.3) is 0 Å². The summed E-state index contributed by atoms with van der Waals surface area (Å²) in [6, 6.07) is 6.44. The number of anilines is 1. The molecule has 26 heavy (non-hydrogen) atoms. The van der Waals surface area contributed by atoms with Crippen LogP contribution in [0.5, 0.6) is 0 Å². The predicted octanol–water partition coefficient (Wildman–Crippen LogP) is 6.77. The molecule has 0 amide bonds. The molecule has 1 rings (SSSR count). The van der Waals surface area contributed by atoms with Gasteiger partial charge in [0.1, 0.15) is 0 Å². The van der Waals surface area contributed by atoms with E-state index in [1.807, 2.05) is 7.05 Å². The van der Waals surface area contributed by atoms with Crippen molar-refractivity contribution in [2.75, 3.05) is 12.4 Å². The van der Waals surface area contributed by atoms with E-state index >= 15 is 0 Å². The van der Waals surface area contributed by atoms with Crippen molar-refractivity contribution in [3.63, 3.8) is 0 Å². The molecular formula is C21H41NO2Si2. The normalized spacial score (nSPS) is 13.8. The van der Waals surface area contributed by atoms with E-state index in [0.29, 0.717) is 13.2 Å². The summed E-state index contributed by atoms with van der Waals surface area (Å²) in [4.78, 5) is 0. The topological polar surface area (TPSA) is 30.5 Å². The average molecular weight is 396 g/mol. The van der Waals surface area contributed by atoms with Crippen molar-refractivity contribution in [1.82, 2.24) is 0 Å². The highest BCUT2D eigenvalue weighted by Crippen LogP contribution is 2.39. The van der Waals surface area contributed by atoms with E-state index < -0.39 is 16.6 Å². The monoisotopic (exact) mass is 395 g/mol. The van der Waals surface area contributed by atoms with E-state index in [-0.39, 0.29) is 10.1 Å². The van der Waals surface area contributed by atoms with Gasteiger partial charge in [0, 0.05) is 12.7 Å². The third-order valence-electron chi connectivity index (χ3n) is 6.28. The van der Waals surface area contributed by atoms with Crippen molar-refractivity contribution in [2.45, 2.75) is 91.0 Å². The minimum absolute atomic E-state index is 0.218. The Balaban J connectivity index is 2.97. The molecule has 0 fully saturated rings. The summed E-state index contributed by atoms with van der Waals surface area (Å²) in [5, 5.41) is 3.82. The zero-order chi connectivity index (χ0) is 20.4. The summed E-state index contributed by atoms with van der Waals surface area (Å²) in [5.74, 6) is 0. The van der Waals surface area contributed by atoms with Crippen LogP contribution in [0.1, 0.15) is 52.7 Å². The lowest BCUT2D eigenvalue weighted by Gasteiger charge is -2.37. The molecule has 0 saturated carbocycles. The highest BCUT2D eigenvalue weighted by atomic mass is 28.4. The summed E-state index contributed by atoms with van der Waals surface area (Å²) in [6.45, 7) is 24.2. The zero-order valence-corrected chi connectivity index (χ0v) is 21.0. The SMILES string of the molecule is CNc1c(CO[Si](C)(C)C(C)(C)C)cccc1CO[Si](C)(C)C(C)(C)C. The summed E-state index contributed by atoms with van der Waals surface area (Å²) < 4.78 is 12.9. The molecule has 5 heteroatoms. The Bertz CT molecular complexity index is 551. The van der Waals surface area contributed by atoms with Crippen LogP contribution >= 0.6 is 0 Å². The fourth-order valence-corrected chi connectivity index (χ4v) is 4.06. The number of hydrogen-bond donors (Lipinski definition) is 1. The minimum Gasteiger partial charge on any atom is -0.412 e. The molecule has 150 valence electrons. The molecule has 0 aromatic heterocycles. The minimum atomic E-state index is -1.77. The van der Waals surface area contributed by atoms with Gasteiger partial charge in [-0.15, -0.1) is 0 Å². The second-order valence-corrected chi connectivity index (χ2v) is 19.9. The van der Waals surface area contributed by atoms with Crippen molar-refractivity contribution in [3.8, 4) is 0 Å². The van der Waals surface area contributed by atoms with Crippen molar-refractivity contribution >= 4 is 22.3 Å². The van der Waals surface area contributed by atoms with Gasteiger partial charge >= 0.3 is 0 Å². The van der Waals surface area contributed by atoms with Gasteiger partial charge in [-0.2, -0.15) is 0 Å². The molecule has 0 heterocycles. The van der Waals surface area contributed by atoms with Crippen molar-refractivity contribution in [2.24, 2.45) is 0 Å². The lowest BCUT2D eigenvalue weighted by atomic mass is 10.1. The average Bonchev–Trinajstić information content (AvgIpc) is 2.48. The maximum atomic E-state index is 6.44. The first-order valence-corrected chi connectivity index (χ1v) is 15.5. The molecule has 1 N–H and O–H groups in total. The van der Waals surface area contributed by atoms with Gasteiger partial charge < -0.3 is 14.2 Å². The van der Waals surface area contributed by atoms with Gasteiger partial charge in [-0.25, -0.2) is 0 Å². The number of benzene rings is 1. The van der Waals surface area contributed by atoms with Crippen LogP contribution in [0, 0.1) is 0 Å². The van der Waals surface area contributed by atoms with E-state index in [4.69, 9.17) is 8.85 Å². The Hall–Kier alpha value is -0.626. The molecule has 0 saturated heterocycles. The molecule has 0 bridgehead atoms. The largest absolute Gasteiger partial charge is 0.412 e. The zero-order valence-electron chi connectivity index (χ0n) is 19.0. The summed E-state index contributed by atoms with van der Waals surface area (Å²) >= 11 is 0. The lowest BCUT2D eigenvalue weighted by molar-refractivity contribution is 0.272. The van der Waals surface area contributed by atoms with Gasteiger partial charge in [-0.1, -0.05) is 59.7 Å². The second kappa shape index (κ2) is 8.17. The second-order valence-electron chi connectivity index (χ2n) is 10.3. The van der Waals surface area contributed by atoms with Gasteiger partial charge in [0.15, 0.2) is 16.6 Å². The van der Waals surface area contributed by atoms with Crippen LogP contribution in [0.2, 0.25) is 36.3 Å². The Morgan fingerprint density at radius 3 is 1.38 bits per heavy atom. The van der Waals surface area contributed by atoms with E-state index in [1.54, 1.807) is 0 Å². The Morgan fingerprint density at radius 2 is 1.12 bits per heavy atom. The maximum Gasteiger partial charge on any atom is 0.192 e. The van der Waals surface area contributed by atoms with Crippen LogP contribution in [0.3, 0.4) is 0 Å². The number of para-hydroxylation sites is 1. The molecule has 0 aliphatic rings. The predicted molar refractivity (Wildman–Crippen MR) is 120 cm³/mol. The van der Waals surface area contributed by atoms with Gasteiger partial charge in [-0.3, -0.25) is 0 Å². The maximum absolute atomic E-state index is 6.44. The standard InChI is InChI=1S/C21H41NO2Si2/c1-20(2,3)25(8,9)23-15-17-13-12-14-18(19(17)22-7)16-24-26(10,11)21(4,5)6/h12-14,22H,15-16H2,1-11H3. The van der Waals surface area contributed by atoms with Gasteiger partial charge in [0.25, 0.3) is 0 Å². The van der Waals surface area contributed by atoms with Crippen LogP contribution in [-0.2, 0) is 22.1 Å². The summed E-state index contributed by atoms with van der Waals surface area (Å²) in [6.07, 6.45) is 0. The summed E-state index contributed by atoms with van der Waals surface area (Å²) in [7, 11) is -1.55. The molecule has 0 radical (unpaired) electrons. The first kappa shape index (κ1) is 23.4. The van der Waals surface area contributed by atoms with Crippen molar-refractivity contribution in [3.05, 3.63) is 29.3 Å². The van der Waals surface area contributed by atoms with Crippen LogP contribution in [0.15, 0.2) is 18.2 Å². The molecule has 0 unspecified atom stereocenters. The quantitative estimate of drug-likeness (QED) is 0.517. The first-order valence-electron chi connectivity index (χ1n) is 9.69. The molecule has 0 spiro atoms. The number of nitrogens with one attached hydrogen (secondary N) is 1. The fraction of sp³-hybridized carbons (Fsp3) is 0.714. The van der Waals surface area contributed by atoms with Gasteiger partial charge in [0.05, 0.1) is 13.2 Å². The van der Waals surface area contributed by atoms with Crippen LogP contribution < -0.4 is 5.32 Å². The fourth-order valence-electron chi connectivity index (χ4n) is 2.16. The third-order valence-corrected chi connectivity index (χ3v) is 15.2.